The molecule has 0 fully saturated rings. The van der Waals surface area contributed by atoms with Gasteiger partial charge in [0.15, 0.2) is 0 Å². The van der Waals surface area contributed by atoms with Gasteiger partial charge in [-0.25, -0.2) is 9.78 Å². The topological polar surface area (TPSA) is 55.1 Å². The van der Waals surface area contributed by atoms with Crippen LogP contribution >= 0.6 is 15.9 Å². The summed E-state index contributed by atoms with van der Waals surface area (Å²) in [6.45, 7) is 2.87. The van der Waals surface area contributed by atoms with Crippen LogP contribution in [0.25, 0.3) is 23.4 Å². The summed E-state index contributed by atoms with van der Waals surface area (Å²) in [6.07, 6.45) is 6.00. The van der Waals surface area contributed by atoms with Crippen molar-refractivity contribution in [3.63, 3.8) is 0 Å². The first kappa shape index (κ1) is 17.2. The number of carboxylic acid groups (broad SMARTS) is 1. The second-order valence-corrected chi connectivity index (χ2v) is 6.45. The summed E-state index contributed by atoms with van der Waals surface area (Å²) in [5.74, 6) is -0.0634. The van der Waals surface area contributed by atoms with Gasteiger partial charge >= 0.3 is 5.97 Å². The number of aryl methyl sites for hydroxylation is 1. The predicted octanol–water partition coefficient (Wildman–Crippen LogP) is 5.20. The minimum absolute atomic E-state index is 0.272. The first-order chi connectivity index (χ1) is 12.1. The van der Waals surface area contributed by atoms with Crippen molar-refractivity contribution in [1.82, 2.24) is 9.55 Å². The zero-order chi connectivity index (χ0) is 17.8. The molecular formula is C20H17BrN2O2. The van der Waals surface area contributed by atoms with E-state index in [0.717, 1.165) is 33.7 Å². The van der Waals surface area contributed by atoms with Crippen LogP contribution in [0.15, 0.2) is 59.2 Å². The van der Waals surface area contributed by atoms with Gasteiger partial charge in [-0.2, -0.15) is 0 Å². The molecule has 0 amide bonds. The molecule has 0 saturated carbocycles. The van der Waals surface area contributed by atoms with Crippen molar-refractivity contribution >= 4 is 34.1 Å². The third-order valence-corrected chi connectivity index (χ3v) is 4.40. The summed E-state index contributed by atoms with van der Waals surface area (Å²) in [7, 11) is 0. The average Bonchev–Trinajstić information content (AvgIpc) is 3.04. The molecule has 0 atom stereocenters. The van der Waals surface area contributed by atoms with Crippen LogP contribution in [0, 0.1) is 0 Å². The van der Waals surface area contributed by atoms with Crippen molar-refractivity contribution in [1.29, 1.82) is 0 Å². The highest BCUT2D eigenvalue weighted by atomic mass is 79.9. The second kappa shape index (κ2) is 7.49. The number of imidazole rings is 1. The lowest BCUT2D eigenvalue weighted by Gasteiger charge is -1.99. The van der Waals surface area contributed by atoms with Crippen LogP contribution in [0.5, 0.6) is 0 Å². The predicted molar refractivity (Wildman–Crippen MR) is 103 cm³/mol. The van der Waals surface area contributed by atoms with Crippen molar-refractivity contribution in [2.45, 2.75) is 13.5 Å². The van der Waals surface area contributed by atoms with Gasteiger partial charge in [0.05, 0.1) is 11.3 Å². The number of carbonyl (C=O) groups is 1. The van der Waals surface area contributed by atoms with E-state index >= 15 is 0 Å². The lowest BCUT2D eigenvalue weighted by molar-refractivity contribution is 0.0697. The molecule has 0 unspecified atom stereocenters. The Morgan fingerprint density at radius 1 is 1.12 bits per heavy atom. The second-order valence-electron chi connectivity index (χ2n) is 5.54. The first-order valence-corrected chi connectivity index (χ1v) is 8.70. The first-order valence-electron chi connectivity index (χ1n) is 7.91. The smallest absolute Gasteiger partial charge is 0.335 e. The minimum atomic E-state index is -0.927. The van der Waals surface area contributed by atoms with E-state index in [2.05, 4.69) is 32.4 Å². The Morgan fingerprint density at radius 3 is 2.40 bits per heavy atom. The Bertz CT molecular complexity index is 910. The Labute approximate surface area is 154 Å². The molecule has 0 spiro atoms. The van der Waals surface area contributed by atoms with E-state index in [-0.39, 0.29) is 5.56 Å². The van der Waals surface area contributed by atoms with Gasteiger partial charge < -0.3 is 9.67 Å². The third kappa shape index (κ3) is 4.06. The van der Waals surface area contributed by atoms with Crippen LogP contribution in [0.2, 0.25) is 0 Å². The van der Waals surface area contributed by atoms with E-state index < -0.39 is 5.97 Å². The van der Waals surface area contributed by atoms with Crippen LogP contribution < -0.4 is 0 Å². The zero-order valence-corrected chi connectivity index (χ0v) is 15.3. The molecule has 0 saturated heterocycles. The number of aromatic nitrogens is 2. The molecule has 4 nitrogen and oxygen atoms in total. The largest absolute Gasteiger partial charge is 0.478 e. The number of rotatable bonds is 5. The maximum absolute atomic E-state index is 11.0. The number of benzene rings is 2. The zero-order valence-electron chi connectivity index (χ0n) is 13.7. The fourth-order valence-corrected chi connectivity index (χ4v) is 2.75. The summed E-state index contributed by atoms with van der Waals surface area (Å²) in [6, 6.07) is 14.8. The van der Waals surface area contributed by atoms with Crippen molar-refractivity contribution in [2.75, 3.05) is 0 Å². The van der Waals surface area contributed by atoms with E-state index in [1.165, 1.54) is 0 Å². The number of hydrogen-bond donors (Lipinski definition) is 1. The van der Waals surface area contributed by atoms with Gasteiger partial charge in [0.1, 0.15) is 5.82 Å². The molecule has 0 aliphatic carbocycles. The van der Waals surface area contributed by atoms with Crippen molar-refractivity contribution in [3.05, 3.63) is 76.2 Å². The van der Waals surface area contributed by atoms with E-state index in [0.29, 0.717) is 0 Å². The molecule has 5 heteroatoms. The average molecular weight is 397 g/mol. The maximum Gasteiger partial charge on any atom is 0.335 e. The molecule has 126 valence electrons. The maximum atomic E-state index is 11.0. The van der Waals surface area contributed by atoms with E-state index in [4.69, 9.17) is 5.11 Å². The van der Waals surface area contributed by atoms with Crippen LogP contribution in [-0.2, 0) is 6.54 Å². The summed E-state index contributed by atoms with van der Waals surface area (Å²) in [5.41, 5.74) is 3.10. The highest BCUT2D eigenvalue weighted by molar-refractivity contribution is 9.10. The van der Waals surface area contributed by atoms with Crippen molar-refractivity contribution in [2.24, 2.45) is 0 Å². The van der Waals surface area contributed by atoms with Gasteiger partial charge in [0.2, 0.25) is 0 Å². The number of hydrogen-bond acceptors (Lipinski definition) is 2. The molecule has 3 rings (SSSR count). The van der Waals surface area contributed by atoms with Gasteiger partial charge in [0, 0.05) is 22.8 Å². The van der Waals surface area contributed by atoms with Crippen LogP contribution in [0.3, 0.4) is 0 Å². The number of aromatic carboxylic acids is 1. The summed E-state index contributed by atoms with van der Waals surface area (Å²) >= 11 is 3.43. The van der Waals surface area contributed by atoms with Crippen molar-refractivity contribution in [3.8, 4) is 11.3 Å². The van der Waals surface area contributed by atoms with E-state index in [9.17, 15) is 4.79 Å². The molecule has 1 heterocycles. The molecule has 2 aromatic carbocycles. The summed E-state index contributed by atoms with van der Waals surface area (Å²) in [5, 5.41) is 9.00. The van der Waals surface area contributed by atoms with Gasteiger partial charge in [-0.15, -0.1) is 0 Å². The summed E-state index contributed by atoms with van der Waals surface area (Å²) < 4.78 is 3.11. The molecule has 0 aliphatic heterocycles. The molecule has 3 aromatic rings. The minimum Gasteiger partial charge on any atom is -0.478 e. The van der Waals surface area contributed by atoms with Gasteiger partial charge in [-0.3, -0.25) is 0 Å². The Hall–Kier alpha value is -2.66. The summed E-state index contributed by atoms with van der Waals surface area (Å²) in [4.78, 5) is 15.6. The molecule has 0 aliphatic rings. The quantitative estimate of drug-likeness (QED) is 0.644. The fraction of sp³-hybridized carbons (Fsp3) is 0.100. The number of carboxylic acids is 1. The SMILES string of the molecule is CCn1cc(-c2ccc(C(=O)O)cc2)nc1/C=C/c1ccc(Br)cc1. The standard InChI is InChI=1S/C20H17BrN2O2/c1-2-23-13-18(15-6-8-16(9-7-15)20(24)25)22-19(23)12-5-14-3-10-17(21)11-4-14/h3-13H,2H2,1H3,(H,24,25)/b12-5+. The van der Waals surface area contributed by atoms with E-state index in [1.54, 1.807) is 24.3 Å². The molecule has 0 bridgehead atoms. The Kier molecular flexibility index (Phi) is 5.14. The van der Waals surface area contributed by atoms with Crippen LogP contribution in [-0.4, -0.2) is 20.6 Å². The van der Waals surface area contributed by atoms with E-state index in [1.807, 2.05) is 42.6 Å². The Morgan fingerprint density at radius 2 is 1.80 bits per heavy atom. The molecule has 0 radical (unpaired) electrons. The highest BCUT2D eigenvalue weighted by Crippen LogP contribution is 2.21. The highest BCUT2D eigenvalue weighted by Gasteiger charge is 2.08. The molecule has 1 N–H and O–H groups in total. The molecular weight excluding hydrogens is 380 g/mol. The molecule has 25 heavy (non-hydrogen) atoms. The van der Waals surface area contributed by atoms with Crippen molar-refractivity contribution < 1.29 is 9.90 Å². The van der Waals surface area contributed by atoms with Gasteiger partial charge in [0.25, 0.3) is 0 Å². The fourth-order valence-electron chi connectivity index (χ4n) is 2.48. The van der Waals surface area contributed by atoms with Gasteiger partial charge in [-0.1, -0.05) is 46.3 Å². The lowest BCUT2D eigenvalue weighted by atomic mass is 10.1. The Balaban J connectivity index is 1.88. The van der Waals surface area contributed by atoms with Crippen LogP contribution in [0.4, 0.5) is 0 Å². The normalized spacial score (nSPS) is 11.1. The van der Waals surface area contributed by atoms with Gasteiger partial charge in [-0.05, 0) is 42.8 Å². The molecule has 1 aromatic heterocycles. The third-order valence-electron chi connectivity index (χ3n) is 3.87. The lowest BCUT2D eigenvalue weighted by Crippen LogP contribution is -1.95. The monoisotopic (exact) mass is 396 g/mol. The number of halogens is 1. The van der Waals surface area contributed by atoms with Crippen LogP contribution in [0.1, 0.15) is 28.7 Å². The number of nitrogens with zero attached hydrogens (tertiary/aromatic N) is 2.